The summed E-state index contributed by atoms with van der Waals surface area (Å²) in [5.41, 5.74) is 0.181. The second-order valence-electron chi connectivity index (χ2n) is 1.32. The van der Waals surface area contributed by atoms with Crippen LogP contribution in [0.25, 0.3) is 0 Å². The van der Waals surface area contributed by atoms with Gasteiger partial charge in [0.15, 0.2) is 0 Å². The molecule has 3 heteroatoms. The van der Waals surface area contributed by atoms with E-state index in [0.717, 1.165) is 6.21 Å². The minimum Gasteiger partial charge on any atom is -0.308 e. The van der Waals surface area contributed by atoms with Crippen molar-refractivity contribution in [2.75, 3.05) is 0 Å². The molecule has 0 aliphatic heterocycles. The summed E-state index contributed by atoms with van der Waals surface area (Å²) in [7, 11) is 0. The van der Waals surface area contributed by atoms with Crippen LogP contribution in [-0.2, 0) is 0 Å². The summed E-state index contributed by atoms with van der Waals surface area (Å²) < 4.78 is 12.0. The Morgan fingerprint density at radius 3 is 2.00 bits per heavy atom. The number of hydrogen-bond donors (Lipinski definition) is 2. The minimum atomic E-state index is -0.653. The number of allylic oxidation sites excluding steroid dienone is 2. The Morgan fingerprint density at radius 1 is 1.38 bits per heavy atom. The highest BCUT2D eigenvalue weighted by molar-refractivity contribution is 5.86. The summed E-state index contributed by atoms with van der Waals surface area (Å²) in [5, 5.41) is 12.9. The molecule has 8 heavy (non-hydrogen) atoms. The van der Waals surface area contributed by atoms with Gasteiger partial charge >= 0.3 is 0 Å². The molecule has 0 saturated carbocycles. The van der Waals surface area contributed by atoms with Crippen LogP contribution in [-0.4, -0.2) is 12.4 Å². The van der Waals surface area contributed by atoms with Gasteiger partial charge in [0.2, 0.25) is 0 Å². The van der Waals surface area contributed by atoms with Crippen LogP contribution in [0.2, 0.25) is 0 Å². The molecule has 0 unspecified atom stereocenters. The molecule has 0 aromatic rings. The van der Waals surface area contributed by atoms with E-state index in [1.165, 1.54) is 6.92 Å². The molecule has 2 nitrogen and oxygen atoms in total. The van der Waals surface area contributed by atoms with Gasteiger partial charge in [-0.3, -0.25) is 0 Å². The predicted octanol–water partition coefficient (Wildman–Crippen LogP) is 1.53. The van der Waals surface area contributed by atoms with E-state index < -0.39 is 5.83 Å². The zero-order valence-corrected chi connectivity index (χ0v) is 4.53. The monoisotopic (exact) mass is 114 g/mol. The molecule has 0 aliphatic rings. The average Bonchev–Trinajstić information content (AvgIpc) is 1.84. The van der Waals surface area contributed by atoms with Gasteiger partial charge in [-0.1, -0.05) is 0 Å². The fourth-order valence-corrected chi connectivity index (χ4v) is 0.183. The summed E-state index contributed by atoms with van der Waals surface area (Å²) in [5.74, 6) is -0.653. The van der Waals surface area contributed by atoms with Crippen LogP contribution in [0.1, 0.15) is 6.92 Å². The Bertz CT molecular complexity index is 121. The van der Waals surface area contributed by atoms with Gasteiger partial charge in [-0.15, -0.1) is 0 Å². The van der Waals surface area contributed by atoms with Crippen molar-refractivity contribution >= 4 is 12.4 Å². The van der Waals surface area contributed by atoms with Crippen molar-refractivity contribution in [3.05, 3.63) is 11.4 Å². The molecule has 2 N–H and O–H groups in total. The Hall–Kier alpha value is -0.990. The first-order chi connectivity index (χ1) is 3.72. The predicted molar refractivity (Wildman–Crippen MR) is 31.4 cm³/mol. The normalized spacial score (nSPS) is 12.2. The lowest BCUT2D eigenvalue weighted by molar-refractivity contribution is 0.679. The maximum absolute atomic E-state index is 12.0. The third kappa shape index (κ3) is 1.64. The molecular formula is C5H7FN2. The average molecular weight is 114 g/mol. The van der Waals surface area contributed by atoms with E-state index in [9.17, 15) is 4.39 Å². The van der Waals surface area contributed by atoms with E-state index in [1.54, 1.807) is 0 Å². The summed E-state index contributed by atoms with van der Waals surface area (Å²) in [6.45, 7) is 1.44. The summed E-state index contributed by atoms with van der Waals surface area (Å²) in [6, 6.07) is 0. The Morgan fingerprint density at radius 2 is 1.88 bits per heavy atom. The van der Waals surface area contributed by atoms with Gasteiger partial charge in [0.05, 0.1) is 6.21 Å². The molecule has 0 heterocycles. The zero-order valence-electron chi connectivity index (χ0n) is 4.53. The third-order valence-electron chi connectivity index (χ3n) is 0.720. The highest BCUT2D eigenvalue weighted by atomic mass is 19.1. The molecule has 0 aromatic carbocycles. The third-order valence-corrected chi connectivity index (χ3v) is 0.720. The topological polar surface area (TPSA) is 47.7 Å². The van der Waals surface area contributed by atoms with Crippen LogP contribution >= 0.6 is 0 Å². The van der Waals surface area contributed by atoms with Crippen molar-refractivity contribution in [1.82, 2.24) is 0 Å². The number of rotatable bonds is 2. The molecule has 0 saturated heterocycles. The van der Waals surface area contributed by atoms with Crippen molar-refractivity contribution in [1.29, 1.82) is 10.8 Å². The molecule has 0 amide bonds. The van der Waals surface area contributed by atoms with Crippen LogP contribution in [0, 0.1) is 10.8 Å². The molecule has 0 atom stereocenters. The number of nitrogens with one attached hydrogen (secondary N) is 2. The van der Waals surface area contributed by atoms with E-state index in [-0.39, 0.29) is 5.57 Å². The van der Waals surface area contributed by atoms with Crippen molar-refractivity contribution in [3.63, 3.8) is 0 Å². The van der Waals surface area contributed by atoms with Gasteiger partial charge in [-0.2, -0.15) is 0 Å². The molecule has 0 bridgehead atoms. The molecule has 0 fully saturated rings. The quantitative estimate of drug-likeness (QED) is 0.511. The minimum absolute atomic E-state index is 0.181. The Balaban J connectivity index is 4.25. The largest absolute Gasteiger partial charge is 0.308 e. The van der Waals surface area contributed by atoms with Crippen LogP contribution in [0.5, 0.6) is 0 Å². The van der Waals surface area contributed by atoms with E-state index in [2.05, 4.69) is 0 Å². The summed E-state index contributed by atoms with van der Waals surface area (Å²) >= 11 is 0. The highest BCUT2D eigenvalue weighted by Crippen LogP contribution is 1.97. The van der Waals surface area contributed by atoms with Crippen LogP contribution in [0.15, 0.2) is 11.4 Å². The van der Waals surface area contributed by atoms with Gasteiger partial charge in [0.25, 0.3) is 0 Å². The smallest absolute Gasteiger partial charge is 0.145 e. The summed E-state index contributed by atoms with van der Waals surface area (Å²) in [6.07, 6.45) is 1.46. The molecule has 44 valence electrons. The van der Waals surface area contributed by atoms with Crippen molar-refractivity contribution in [2.45, 2.75) is 6.92 Å². The van der Waals surface area contributed by atoms with Crippen LogP contribution < -0.4 is 0 Å². The van der Waals surface area contributed by atoms with Gasteiger partial charge in [-0.05, 0) is 6.92 Å². The van der Waals surface area contributed by atoms with E-state index >= 15 is 0 Å². The maximum atomic E-state index is 12.0. The molecule has 0 spiro atoms. The fraction of sp³-hybridized carbons (Fsp3) is 0.200. The molecule has 0 aromatic heterocycles. The fourth-order valence-electron chi connectivity index (χ4n) is 0.183. The van der Waals surface area contributed by atoms with E-state index in [1.807, 2.05) is 0 Å². The second kappa shape index (κ2) is 3.07. The van der Waals surface area contributed by atoms with E-state index in [4.69, 9.17) is 10.8 Å². The summed E-state index contributed by atoms with van der Waals surface area (Å²) in [4.78, 5) is 0. The zero-order chi connectivity index (χ0) is 6.57. The molecule has 0 rings (SSSR count). The maximum Gasteiger partial charge on any atom is 0.145 e. The highest BCUT2D eigenvalue weighted by Gasteiger charge is 1.90. The first kappa shape index (κ1) is 7.01. The number of hydrogen-bond acceptors (Lipinski definition) is 2. The molecule has 0 radical (unpaired) electrons. The SMILES string of the molecule is C/C(C=N)=C(\F)C=N. The molecular weight excluding hydrogens is 107 g/mol. The van der Waals surface area contributed by atoms with Crippen LogP contribution in [0.4, 0.5) is 4.39 Å². The van der Waals surface area contributed by atoms with Crippen LogP contribution in [0.3, 0.4) is 0 Å². The standard InChI is InChI=1S/C5H7FN2/c1-4(2-7)5(6)3-8/h2-3,7-8H,1H3/b5-4+,7-2?,8-3?. The second-order valence-corrected chi connectivity index (χ2v) is 1.32. The lowest BCUT2D eigenvalue weighted by Crippen LogP contribution is -1.81. The number of halogens is 1. The van der Waals surface area contributed by atoms with Crippen molar-refractivity contribution in [2.24, 2.45) is 0 Å². The first-order valence-electron chi connectivity index (χ1n) is 2.09. The lowest BCUT2D eigenvalue weighted by atomic mass is 10.3. The first-order valence-corrected chi connectivity index (χ1v) is 2.09. The lowest BCUT2D eigenvalue weighted by Gasteiger charge is -1.85. The van der Waals surface area contributed by atoms with Gasteiger partial charge in [0.1, 0.15) is 5.83 Å². The van der Waals surface area contributed by atoms with Crippen molar-refractivity contribution in [3.8, 4) is 0 Å². The Labute approximate surface area is 47.0 Å². The van der Waals surface area contributed by atoms with E-state index in [0.29, 0.717) is 6.21 Å². The van der Waals surface area contributed by atoms with Crippen molar-refractivity contribution < 1.29 is 4.39 Å². The van der Waals surface area contributed by atoms with Gasteiger partial charge < -0.3 is 10.8 Å². The molecule has 0 aliphatic carbocycles. The Kier molecular flexibility index (Phi) is 2.69. The van der Waals surface area contributed by atoms with Gasteiger partial charge in [-0.25, -0.2) is 4.39 Å². The van der Waals surface area contributed by atoms with Gasteiger partial charge in [0, 0.05) is 11.8 Å².